The summed E-state index contributed by atoms with van der Waals surface area (Å²) >= 11 is 0. The van der Waals surface area contributed by atoms with Crippen LogP contribution in [-0.4, -0.2) is 60.9 Å². The largest absolute Gasteiger partial charge is 0.493 e. The summed E-state index contributed by atoms with van der Waals surface area (Å²) < 4.78 is 12.5. The molecular formula is C25H31N5O5. The van der Waals surface area contributed by atoms with Crippen molar-refractivity contribution in [1.82, 2.24) is 24.4 Å². The van der Waals surface area contributed by atoms with Crippen LogP contribution in [0.5, 0.6) is 11.9 Å². The summed E-state index contributed by atoms with van der Waals surface area (Å²) in [5, 5.41) is 9.73. The van der Waals surface area contributed by atoms with Crippen molar-refractivity contribution in [2.75, 3.05) is 19.7 Å². The van der Waals surface area contributed by atoms with Gasteiger partial charge in [-0.1, -0.05) is 24.3 Å². The zero-order valence-corrected chi connectivity index (χ0v) is 20.2. The maximum atomic E-state index is 12.2. The summed E-state index contributed by atoms with van der Waals surface area (Å²) in [7, 11) is 0. The highest BCUT2D eigenvalue weighted by Gasteiger charge is 2.27. The Morgan fingerprint density at radius 2 is 1.77 bits per heavy atom. The molecule has 0 unspecified atom stereocenters. The Morgan fingerprint density at radius 1 is 1.11 bits per heavy atom. The van der Waals surface area contributed by atoms with Crippen LogP contribution in [-0.2, 0) is 11.3 Å². The Morgan fingerprint density at radius 3 is 2.34 bits per heavy atom. The fourth-order valence-electron chi connectivity index (χ4n) is 3.87. The average Bonchev–Trinajstić information content (AvgIpc) is 3.15. The van der Waals surface area contributed by atoms with E-state index in [9.17, 15) is 14.7 Å². The number of amides is 1. The van der Waals surface area contributed by atoms with Crippen LogP contribution in [0.3, 0.4) is 0 Å². The van der Waals surface area contributed by atoms with Gasteiger partial charge in [0.2, 0.25) is 5.88 Å². The van der Waals surface area contributed by atoms with Crippen molar-refractivity contribution in [1.29, 1.82) is 0 Å². The van der Waals surface area contributed by atoms with Gasteiger partial charge in [0.25, 0.3) is 0 Å². The summed E-state index contributed by atoms with van der Waals surface area (Å²) in [6.07, 6.45) is 6.12. The molecule has 4 rings (SSSR count). The number of ether oxygens (including phenoxy) is 2. The number of aromatic nitrogens is 4. The number of H-pyrrole nitrogens is 1. The van der Waals surface area contributed by atoms with Crippen LogP contribution in [0, 0.1) is 5.92 Å². The number of nitrogens with zero attached hydrogens (tertiary/aromatic N) is 4. The van der Waals surface area contributed by atoms with Crippen molar-refractivity contribution in [3.63, 3.8) is 0 Å². The number of aromatic hydroxyl groups is 1. The van der Waals surface area contributed by atoms with Crippen LogP contribution in [0.1, 0.15) is 39.2 Å². The van der Waals surface area contributed by atoms with E-state index in [1.165, 1.54) is 10.8 Å². The predicted molar refractivity (Wildman–Crippen MR) is 129 cm³/mol. The maximum Gasteiger partial charge on any atom is 0.410 e. The Labute approximate surface area is 203 Å². The molecule has 10 heteroatoms. The first kappa shape index (κ1) is 24.3. The maximum absolute atomic E-state index is 12.2. The highest BCUT2D eigenvalue weighted by atomic mass is 16.6. The van der Waals surface area contributed by atoms with E-state index in [4.69, 9.17) is 9.47 Å². The van der Waals surface area contributed by atoms with Gasteiger partial charge in [0.1, 0.15) is 5.60 Å². The molecule has 1 aliphatic heterocycles. The third-order valence-electron chi connectivity index (χ3n) is 5.82. The quantitative estimate of drug-likeness (QED) is 0.553. The summed E-state index contributed by atoms with van der Waals surface area (Å²) in [4.78, 5) is 36.8. The molecule has 0 aliphatic carbocycles. The smallest absolute Gasteiger partial charge is 0.410 e. The van der Waals surface area contributed by atoms with E-state index in [1.54, 1.807) is 17.3 Å². The number of hydrogen-bond donors (Lipinski definition) is 2. The molecule has 3 heterocycles. The van der Waals surface area contributed by atoms with Gasteiger partial charge in [-0.3, -0.25) is 4.57 Å². The summed E-state index contributed by atoms with van der Waals surface area (Å²) in [5.74, 6) is 0.230. The van der Waals surface area contributed by atoms with Crippen molar-refractivity contribution in [2.24, 2.45) is 5.92 Å². The van der Waals surface area contributed by atoms with Gasteiger partial charge in [-0.15, -0.1) is 0 Å². The number of hydrogen-bond acceptors (Lipinski definition) is 7. The predicted octanol–water partition coefficient (Wildman–Crippen LogP) is 3.41. The van der Waals surface area contributed by atoms with E-state index in [2.05, 4.69) is 15.0 Å². The normalized spacial score (nSPS) is 14.7. The molecule has 0 bridgehead atoms. The van der Waals surface area contributed by atoms with Gasteiger partial charge in [-0.2, -0.15) is 0 Å². The van der Waals surface area contributed by atoms with Gasteiger partial charge in [0.15, 0.2) is 0 Å². The highest BCUT2D eigenvalue weighted by Crippen LogP contribution is 2.22. The zero-order chi connectivity index (χ0) is 25.0. The van der Waals surface area contributed by atoms with Gasteiger partial charge in [0.05, 0.1) is 19.3 Å². The van der Waals surface area contributed by atoms with Crippen molar-refractivity contribution in [3.05, 3.63) is 58.9 Å². The summed E-state index contributed by atoms with van der Waals surface area (Å²) in [6.45, 7) is 7.68. The molecule has 0 atom stereocenters. The number of imidazole rings is 1. The van der Waals surface area contributed by atoms with E-state index < -0.39 is 5.60 Å². The standard InChI is InChI=1S/C25H31N5O5/c1-25(2,3)35-24(33)29-10-8-18(9-11-29)16-34-22-26-12-20(13-27-22)19-6-4-17(5-7-19)15-30-21(31)14-28-23(30)32/h4-7,12-14,18,31H,8-11,15-16H2,1-3H3,(H,28,32). The molecule has 186 valence electrons. The van der Waals surface area contributed by atoms with E-state index in [-0.39, 0.29) is 24.2 Å². The molecule has 35 heavy (non-hydrogen) atoms. The monoisotopic (exact) mass is 481 g/mol. The van der Waals surface area contributed by atoms with Gasteiger partial charge in [-0.05, 0) is 50.7 Å². The van der Waals surface area contributed by atoms with Crippen molar-refractivity contribution in [2.45, 2.75) is 45.8 Å². The minimum Gasteiger partial charge on any atom is -0.493 e. The number of benzene rings is 1. The molecule has 1 aromatic carbocycles. The molecule has 1 aliphatic rings. The fourth-order valence-corrected chi connectivity index (χ4v) is 3.87. The SMILES string of the molecule is CC(C)(C)OC(=O)N1CCC(COc2ncc(-c3ccc(Cn4c(O)c[nH]c4=O)cc3)cn2)CC1. The Hall–Kier alpha value is -3.82. The summed E-state index contributed by atoms with van der Waals surface area (Å²) in [6, 6.07) is 7.94. The number of rotatable bonds is 6. The Bertz CT molecular complexity index is 1190. The highest BCUT2D eigenvalue weighted by molar-refractivity contribution is 5.68. The zero-order valence-electron chi connectivity index (χ0n) is 20.2. The first-order chi connectivity index (χ1) is 16.7. The van der Waals surface area contributed by atoms with E-state index in [0.717, 1.165) is 29.5 Å². The van der Waals surface area contributed by atoms with E-state index >= 15 is 0 Å². The lowest BCUT2D eigenvalue weighted by molar-refractivity contribution is 0.0163. The molecule has 0 saturated carbocycles. The van der Waals surface area contributed by atoms with Crippen LogP contribution in [0.2, 0.25) is 0 Å². The number of likely N-dealkylation sites (tertiary alicyclic amines) is 1. The van der Waals surface area contributed by atoms with Gasteiger partial charge in [-0.25, -0.2) is 19.6 Å². The lowest BCUT2D eigenvalue weighted by atomic mass is 9.98. The lowest BCUT2D eigenvalue weighted by Crippen LogP contribution is -2.42. The van der Waals surface area contributed by atoms with Crippen molar-refractivity contribution >= 4 is 6.09 Å². The number of piperidine rings is 1. The molecule has 1 fully saturated rings. The molecule has 0 spiro atoms. The second kappa shape index (κ2) is 10.2. The number of nitrogens with one attached hydrogen (secondary N) is 1. The second-order valence-corrected chi connectivity index (χ2v) is 9.71. The minimum atomic E-state index is -0.490. The molecule has 10 nitrogen and oxygen atoms in total. The second-order valence-electron chi connectivity index (χ2n) is 9.71. The topological polar surface area (TPSA) is 123 Å². The molecule has 1 saturated heterocycles. The van der Waals surface area contributed by atoms with E-state index in [0.29, 0.717) is 31.6 Å². The molecule has 3 aromatic rings. The molecule has 0 radical (unpaired) electrons. The third-order valence-corrected chi connectivity index (χ3v) is 5.82. The van der Waals surface area contributed by atoms with Gasteiger partial charge < -0.3 is 24.5 Å². The van der Waals surface area contributed by atoms with E-state index in [1.807, 2.05) is 45.0 Å². The molecule has 2 aromatic heterocycles. The fraction of sp³-hybridized carbons (Fsp3) is 0.440. The first-order valence-corrected chi connectivity index (χ1v) is 11.7. The van der Waals surface area contributed by atoms with Gasteiger partial charge in [0, 0.05) is 31.0 Å². The number of carbonyl (C=O) groups is 1. The van der Waals surface area contributed by atoms with Crippen LogP contribution >= 0.6 is 0 Å². The lowest BCUT2D eigenvalue weighted by Gasteiger charge is -2.33. The van der Waals surface area contributed by atoms with Crippen LogP contribution < -0.4 is 10.4 Å². The third kappa shape index (κ3) is 6.40. The molecular weight excluding hydrogens is 450 g/mol. The van der Waals surface area contributed by atoms with Crippen LogP contribution in [0.4, 0.5) is 4.79 Å². The van der Waals surface area contributed by atoms with Gasteiger partial charge >= 0.3 is 17.8 Å². The Balaban J connectivity index is 1.26. The van der Waals surface area contributed by atoms with Crippen molar-refractivity contribution in [3.8, 4) is 23.0 Å². The Kier molecular flexibility index (Phi) is 7.09. The van der Waals surface area contributed by atoms with Crippen LogP contribution in [0.25, 0.3) is 11.1 Å². The number of aromatic amines is 1. The molecule has 1 amide bonds. The minimum absolute atomic E-state index is 0.100. The van der Waals surface area contributed by atoms with Crippen molar-refractivity contribution < 1.29 is 19.4 Å². The summed E-state index contributed by atoms with van der Waals surface area (Å²) in [5.41, 5.74) is 1.81. The first-order valence-electron chi connectivity index (χ1n) is 11.7. The van der Waals surface area contributed by atoms with Crippen LogP contribution in [0.15, 0.2) is 47.7 Å². The average molecular weight is 482 g/mol. The number of carbonyl (C=O) groups excluding carboxylic acids is 1. The molecule has 2 N–H and O–H groups in total.